The lowest BCUT2D eigenvalue weighted by molar-refractivity contribution is 0.549. The highest BCUT2D eigenvalue weighted by Gasteiger charge is 2.29. The van der Waals surface area contributed by atoms with Gasteiger partial charge in [0.15, 0.2) is 0 Å². The van der Waals surface area contributed by atoms with Gasteiger partial charge in [0, 0.05) is 30.3 Å². The van der Waals surface area contributed by atoms with Gasteiger partial charge in [-0.2, -0.15) is 5.10 Å². The summed E-state index contributed by atoms with van der Waals surface area (Å²) in [6, 6.07) is 0. The molecule has 0 spiro atoms. The van der Waals surface area contributed by atoms with Gasteiger partial charge in [0.2, 0.25) is 0 Å². The summed E-state index contributed by atoms with van der Waals surface area (Å²) in [5.41, 5.74) is 2.89. The van der Waals surface area contributed by atoms with E-state index >= 15 is 0 Å². The second-order valence-electron chi connectivity index (χ2n) is 5.17. The summed E-state index contributed by atoms with van der Waals surface area (Å²) in [7, 11) is 0. The summed E-state index contributed by atoms with van der Waals surface area (Å²) in [4.78, 5) is 0. The highest BCUT2D eigenvalue weighted by atomic mass is 15.3. The Balaban J connectivity index is 1.99. The van der Waals surface area contributed by atoms with Crippen LogP contribution in [0.5, 0.6) is 0 Å². The summed E-state index contributed by atoms with van der Waals surface area (Å²) in [6.45, 7) is 9.71. The van der Waals surface area contributed by atoms with Crippen molar-refractivity contribution in [2.24, 2.45) is 5.92 Å². The minimum absolute atomic E-state index is 0.714. The van der Waals surface area contributed by atoms with Crippen LogP contribution in [0.4, 0.5) is 0 Å². The monoisotopic (exact) mass is 221 g/mol. The third kappa shape index (κ3) is 2.64. The fourth-order valence-corrected chi connectivity index (χ4v) is 2.15. The van der Waals surface area contributed by atoms with Crippen molar-refractivity contribution < 1.29 is 0 Å². The molecule has 1 saturated carbocycles. The molecule has 0 aromatic carbocycles. The Labute approximate surface area is 98.2 Å². The Morgan fingerprint density at radius 3 is 2.81 bits per heavy atom. The Bertz CT molecular complexity index is 337. The number of hydrogen-bond donors (Lipinski definition) is 1. The average molecular weight is 221 g/mol. The van der Waals surface area contributed by atoms with E-state index in [2.05, 4.69) is 35.9 Å². The van der Waals surface area contributed by atoms with Crippen molar-refractivity contribution in [3.8, 4) is 0 Å². The SMILES string of the molecule is CCn1ncc(CNCC(C)C)c1C1CC1. The molecule has 0 radical (unpaired) electrons. The molecule has 16 heavy (non-hydrogen) atoms. The largest absolute Gasteiger partial charge is 0.312 e. The number of hydrogen-bond acceptors (Lipinski definition) is 2. The quantitative estimate of drug-likeness (QED) is 0.800. The van der Waals surface area contributed by atoms with Crippen molar-refractivity contribution in [1.82, 2.24) is 15.1 Å². The minimum Gasteiger partial charge on any atom is -0.312 e. The normalized spacial score (nSPS) is 16.0. The molecule has 1 aliphatic carbocycles. The number of nitrogens with zero attached hydrogens (tertiary/aromatic N) is 2. The topological polar surface area (TPSA) is 29.9 Å². The van der Waals surface area contributed by atoms with Gasteiger partial charge in [0.1, 0.15) is 0 Å². The van der Waals surface area contributed by atoms with E-state index in [1.807, 2.05) is 6.20 Å². The van der Waals surface area contributed by atoms with Gasteiger partial charge in [-0.15, -0.1) is 0 Å². The zero-order valence-electron chi connectivity index (χ0n) is 10.7. The molecule has 1 heterocycles. The van der Waals surface area contributed by atoms with Gasteiger partial charge in [0.25, 0.3) is 0 Å². The molecule has 1 aromatic rings. The van der Waals surface area contributed by atoms with Crippen LogP contribution in [0.1, 0.15) is 50.8 Å². The third-order valence-corrected chi connectivity index (χ3v) is 3.09. The summed E-state index contributed by atoms with van der Waals surface area (Å²) < 4.78 is 2.17. The molecule has 1 aromatic heterocycles. The van der Waals surface area contributed by atoms with E-state index in [9.17, 15) is 0 Å². The average Bonchev–Trinajstić information content (AvgIpc) is 3.00. The molecular formula is C13H23N3. The maximum Gasteiger partial charge on any atom is 0.0537 e. The van der Waals surface area contributed by atoms with E-state index in [4.69, 9.17) is 0 Å². The first-order valence-electron chi connectivity index (χ1n) is 6.47. The van der Waals surface area contributed by atoms with E-state index in [0.717, 1.165) is 25.6 Å². The van der Waals surface area contributed by atoms with Gasteiger partial charge < -0.3 is 5.32 Å². The predicted molar refractivity (Wildman–Crippen MR) is 66.4 cm³/mol. The first kappa shape index (κ1) is 11.6. The number of nitrogens with one attached hydrogen (secondary N) is 1. The van der Waals surface area contributed by atoms with Crippen LogP contribution in [0.2, 0.25) is 0 Å². The molecule has 0 unspecified atom stereocenters. The van der Waals surface area contributed by atoms with Crippen molar-refractivity contribution in [2.45, 2.75) is 52.6 Å². The van der Waals surface area contributed by atoms with Crippen LogP contribution in [0, 0.1) is 5.92 Å². The Morgan fingerprint density at radius 1 is 1.50 bits per heavy atom. The van der Waals surface area contributed by atoms with E-state index < -0.39 is 0 Å². The third-order valence-electron chi connectivity index (χ3n) is 3.09. The lowest BCUT2D eigenvalue weighted by atomic mass is 10.1. The molecular weight excluding hydrogens is 198 g/mol. The first-order chi connectivity index (χ1) is 7.72. The van der Waals surface area contributed by atoms with Gasteiger partial charge >= 0.3 is 0 Å². The summed E-state index contributed by atoms with van der Waals surface area (Å²) in [6.07, 6.45) is 4.75. The second-order valence-corrected chi connectivity index (χ2v) is 5.17. The van der Waals surface area contributed by atoms with Crippen molar-refractivity contribution >= 4 is 0 Å². The van der Waals surface area contributed by atoms with Crippen molar-refractivity contribution in [3.05, 3.63) is 17.5 Å². The van der Waals surface area contributed by atoms with Crippen LogP contribution in [-0.4, -0.2) is 16.3 Å². The van der Waals surface area contributed by atoms with Gasteiger partial charge in [-0.25, -0.2) is 0 Å². The number of rotatable bonds is 6. The Hall–Kier alpha value is -0.830. The Kier molecular flexibility index (Phi) is 3.64. The van der Waals surface area contributed by atoms with Gasteiger partial charge in [-0.05, 0) is 32.2 Å². The number of aryl methyl sites for hydroxylation is 1. The molecule has 0 atom stereocenters. The van der Waals surface area contributed by atoms with Crippen molar-refractivity contribution in [2.75, 3.05) is 6.54 Å². The second kappa shape index (κ2) is 5.00. The molecule has 90 valence electrons. The van der Waals surface area contributed by atoms with E-state index in [1.54, 1.807) is 0 Å². The molecule has 1 aliphatic rings. The van der Waals surface area contributed by atoms with Crippen molar-refractivity contribution in [3.63, 3.8) is 0 Å². The summed E-state index contributed by atoms with van der Waals surface area (Å²) in [5.74, 6) is 1.50. The van der Waals surface area contributed by atoms with E-state index in [-0.39, 0.29) is 0 Å². The molecule has 0 bridgehead atoms. The van der Waals surface area contributed by atoms with Crippen LogP contribution in [0.25, 0.3) is 0 Å². The predicted octanol–water partition coefficient (Wildman–Crippen LogP) is 2.53. The fourth-order valence-electron chi connectivity index (χ4n) is 2.15. The number of aromatic nitrogens is 2. The van der Waals surface area contributed by atoms with Crippen LogP contribution >= 0.6 is 0 Å². The fraction of sp³-hybridized carbons (Fsp3) is 0.769. The maximum atomic E-state index is 4.47. The van der Waals surface area contributed by atoms with E-state index in [0.29, 0.717) is 5.92 Å². The molecule has 2 rings (SSSR count). The molecule has 1 fully saturated rings. The zero-order valence-corrected chi connectivity index (χ0v) is 10.7. The van der Waals surface area contributed by atoms with Crippen LogP contribution in [-0.2, 0) is 13.1 Å². The lowest BCUT2D eigenvalue weighted by Crippen LogP contribution is -2.19. The maximum absolute atomic E-state index is 4.47. The van der Waals surface area contributed by atoms with Crippen LogP contribution in [0.15, 0.2) is 6.20 Å². The Morgan fingerprint density at radius 2 is 2.25 bits per heavy atom. The molecule has 0 aliphatic heterocycles. The summed E-state index contributed by atoms with van der Waals surface area (Å²) >= 11 is 0. The minimum atomic E-state index is 0.714. The zero-order chi connectivity index (χ0) is 11.5. The van der Waals surface area contributed by atoms with E-state index in [1.165, 1.54) is 24.1 Å². The van der Waals surface area contributed by atoms with Crippen LogP contribution in [0.3, 0.4) is 0 Å². The van der Waals surface area contributed by atoms with Gasteiger partial charge in [0.05, 0.1) is 6.20 Å². The molecule has 3 nitrogen and oxygen atoms in total. The highest BCUT2D eigenvalue weighted by molar-refractivity contribution is 5.25. The molecule has 3 heteroatoms. The smallest absolute Gasteiger partial charge is 0.0537 e. The molecule has 0 amide bonds. The first-order valence-corrected chi connectivity index (χ1v) is 6.47. The highest BCUT2D eigenvalue weighted by Crippen LogP contribution is 2.41. The van der Waals surface area contributed by atoms with Gasteiger partial charge in [-0.3, -0.25) is 4.68 Å². The molecule has 1 N–H and O–H groups in total. The van der Waals surface area contributed by atoms with Gasteiger partial charge in [-0.1, -0.05) is 13.8 Å². The standard InChI is InChI=1S/C13H23N3/c1-4-16-13(11-5-6-11)12(9-15-16)8-14-7-10(2)3/h9-11,14H,4-8H2,1-3H3. The molecule has 0 saturated heterocycles. The van der Waals surface area contributed by atoms with Crippen LogP contribution < -0.4 is 5.32 Å². The van der Waals surface area contributed by atoms with Crippen molar-refractivity contribution in [1.29, 1.82) is 0 Å². The lowest BCUT2D eigenvalue weighted by Gasteiger charge is -2.09. The summed E-state index contributed by atoms with van der Waals surface area (Å²) in [5, 5.41) is 7.98.